The molecule has 2 aromatic rings. The van der Waals surface area contributed by atoms with Crippen LogP contribution in [0, 0.1) is 13.8 Å². The molecule has 0 heterocycles. The Balaban J connectivity index is 1.91. The van der Waals surface area contributed by atoms with Crippen molar-refractivity contribution in [2.45, 2.75) is 26.3 Å². The molecule has 19 heavy (non-hydrogen) atoms. The van der Waals surface area contributed by atoms with Crippen molar-refractivity contribution in [2.24, 2.45) is 5.73 Å². The zero-order valence-electron chi connectivity index (χ0n) is 11.6. The summed E-state index contributed by atoms with van der Waals surface area (Å²) in [4.78, 5) is 0. The number of para-hydroxylation sites is 1. The van der Waals surface area contributed by atoms with Crippen LogP contribution >= 0.6 is 0 Å². The van der Waals surface area contributed by atoms with Gasteiger partial charge in [-0.1, -0.05) is 42.0 Å². The predicted octanol–water partition coefficient (Wildman–Crippen LogP) is 3.77. The summed E-state index contributed by atoms with van der Waals surface area (Å²) in [5.41, 5.74) is 9.97. The summed E-state index contributed by atoms with van der Waals surface area (Å²) < 4.78 is 5.69. The van der Waals surface area contributed by atoms with Crippen LogP contribution in [-0.4, -0.2) is 6.61 Å². The van der Waals surface area contributed by atoms with Gasteiger partial charge >= 0.3 is 0 Å². The maximum Gasteiger partial charge on any atom is 0.119 e. The van der Waals surface area contributed by atoms with Gasteiger partial charge in [-0.05, 0) is 37.1 Å². The molecule has 0 amide bonds. The van der Waals surface area contributed by atoms with E-state index in [4.69, 9.17) is 10.5 Å². The van der Waals surface area contributed by atoms with E-state index in [2.05, 4.69) is 32.0 Å². The van der Waals surface area contributed by atoms with Crippen molar-refractivity contribution >= 4 is 0 Å². The topological polar surface area (TPSA) is 35.2 Å². The first-order chi connectivity index (χ1) is 9.16. The fraction of sp³-hybridized carbons (Fsp3) is 0.294. The van der Waals surface area contributed by atoms with Gasteiger partial charge in [-0.2, -0.15) is 0 Å². The molecule has 0 spiro atoms. The quantitative estimate of drug-likeness (QED) is 0.882. The van der Waals surface area contributed by atoms with E-state index in [-0.39, 0.29) is 6.04 Å². The van der Waals surface area contributed by atoms with E-state index in [0.29, 0.717) is 6.61 Å². The molecule has 1 atom stereocenters. The van der Waals surface area contributed by atoms with E-state index in [1.54, 1.807) is 0 Å². The molecule has 0 radical (unpaired) electrons. The second-order valence-electron chi connectivity index (χ2n) is 4.92. The largest absolute Gasteiger partial charge is 0.494 e. The number of hydrogen-bond acceptors (Lipinski definition) is 2. The Bertz CT molecular complexity index is 522. The van der Waals surface area contributed by atoms with Crippen molar-refractivity contribution in [2.75, 3.05) is 6.61 Å². The van der Waals surface area contributed by atoms with Crippen molar-refractivity contribution in [3.8, 4) is 5.75 Å². The third kappa shape index (κ3) is 3.83. The van der Waals surface area contributed by atoms with Crippen molar-refractivity contribution in [1.29, 1.82) is 0 Å². The molecule has 2 nitrogen and oxygen atoms in total. The highest BCUT2D eigenvalue weighted by atomic mass is 16.5. The molecule has 0 aromatic heterocycles. The smallest absolute Gasteiger partial charge is 0.119 e. The van der Waals surface area contributed by atoms with Crippen LogP contribution in [0.1, 0.15) is 29.2 Å². The van der Waals surface area contributed by atoms with E-state index < -0.39 is 0 Å². The molecule has 0 aliphatic rings. The van der Waals surface area contributed by atoms with Gasteiger partial charge in [-0.15, -0.1) is 0 Å². The van der Waals surface area contributed by atoms with Crippen LogP contribution in [0.2, 0.25) is 0 Å². The minimum atomic E-state index is 0.0311. The number of nitrogens with two attached hydrogens (primary N) is 1. The lowest BCUT2D eigenvalue weighted by atomic mass is 9.98. The Morgan fingerprint density at radius 3 is 2.53 bits per heavy atom. The van der Waals surface area contributed by atoms with E-state index in [1.165, 1.54) is 16.7 Å². The molecule has 100 valence electrons. The summed E-state index contributed by atoms with van der Waals surface area (Å²) in [6.07, 6.45) is 0.819. The highest BCUT2D eigenvalue weighted by Gasteiger charge is 2.09. The van der Waals surface area contributed by atoms with E-state index in [1.807, 2.05) is 30.3 Å². The zero-order chi connectivity index (χ0) is 13.7. The Morgan fingerprint density at radius 1 is 1.05 bits per heavy atom. The molecule has 0 fully saturated rings. The van der Waals surface area contributed by atoms with Crippen LogP contribution in [0.25, 0.3) is 0 Å². The van der Waals surface area contributed by atoms with Crippen LogP contribution in [0.4, 0.5) is 0 Å². The number of rotatable bonds is 5. The van der Waals surface area contributed by atoms with E-state index in [0.717, 1.165) is 12.2 Å². The summed E-state index contributed by atoms with van der Waals surface area (Å²) in [6.45, 7) is 4.83. The minimum absolute atomic E-state index is 0.0311. The lowest BCUT2D eigenvalue weighted by molar-refractivity contribution is 0.298. The third-order valence-electron chi connectivity index (χ3n) is 3.28. The number of ether oxygens (including phenoxy) is 1. The summed E-state index contributed by atoms with van der Waals surface area (Å²) in [5, 5.41) is 0. The van der Waals surface area contributed by atoms with Crippen LogP contribution in [-0.2, 0) is 0 Å². The summed E-state index contributed by atoms with van der Waals surface area (Å²) >= 11 is 0. The van der Waals surface area contributed by atoms with Crippen molar-refractivity contribution < 1.29 is 4.74 Å². The molecular weight excluding hydrogens is 234 g/mol. The number of benzene rings is 2. The number of aryl methyl sites for hydroxylation is 2. The SMILES string of the molecule is Cc1ccc(C)c(C(N)CCOc2ccccc2)c1. The molecule has 2 heteroatoms. The second-order valence-corrected chi connectivity index (χ2v) is 4.92. The van der Waals surface area contributed by atoms with Crippen molar-refractivity contribution in [3.63, 3.8) is 0 Å². The van der Waals surface area contributed by atoms with Gasteiger partial charge in [0.2, 0.25) is 0 Å². The Kier molecular flexibility index (Phi) is 4.58. The maximum atomic E-state index is 6.25. The lowest BCUT2D eigenvalue weighted by Gasteiger charge is -2.16. The van der Waals surface area contributed by atoms with Crippen LogP contribution in [0.15, 0.2) is 48.5 Å². The first-order valence-corrected chi connectivity index (χ1v) is 6.67. The highest BCUT2D eigenvalue weighted by Crippen LogP contribution is 2.20. The lowest BCUT2D eigenvalue weighted by Crippen LogP contribution is -2.15. The van der Waals surface area contributed by atoms with Crippen molar-refractivity contribution in [1.82, 2.24) is 0 Å². The van der Waals surface area contributed by atoms with Gasteiger partial charge in [0, 0.05) is 12.5 Å². The fourth-order valence-electron chi connectivity index (χ4n) is 2.14. The van der Waals surface area contributed by atoms with Gasteiger partial charge in [0.05, 0.1) is 6.61 Å². The second kappa shape index (κ2) is 6.39. The molecular formula is C17H21NO. The van der Waals surface area contributed by atoms with Crippen LogP contribution in [0.5, 0.6) is 5.75 Å². The Hall–Kier alpha value is -1.80. The molecule has 0 saturated carbocycles. The van der Waals surface area contributed by atoms with E-state index in [9.17, 15) is 0 Å². The first-order valence-electron chi connectivity index (χ1n) is 6.67. The Morgan fingerprint density at radius 2 is 1.79 bits per heavy atom. The van der Waals surface area contributed by atoms with Gasteiger partial charge in [0.25, 0.3) is 0 Å². The van der Waals surface area contributed by atoms with Crippen molar-refractivity contribution in [3.05, 3.63) is 65.2 Å². The fourth-order valence-corrected chi connectivity index (χ4v) is 2.14. The predicted molar refractivity (Wildman–Crippen MR) is 79.4 cm³/mol. The average molecular weight is 255 g/mol. The van der Waals surface area contributed by atoms with Gasteiger partial charge in [-0.25, -0.2) is 0 Å². The monoisotopic (exact) mass is 255 g/mol. The maximum absolute atomic E-state index is 6.25. The molecule has 0 aliphatic heterocycles. The van der Waals surface area contributed by atoms with Gasteiger partial charge in [0.15, 0.2) is 0 Å². The van der Waals surface area contributed by atoms with Crippen LogP contribution in [0.3, 0.4) is 0 Å². The third-order valence-corrected chi connectivity index (χ3v) is 3.28. The molecule has 2 N–H and O–H groups in total. The highest BCUT2D eigenvalue weighted by molar-refractivity contribution is 5.32. The van der Waals surface area contributed by atoms with Gasteiger partial charge in [-0.3, -0.25) is 0 Å². The molecule has 0 bridgehead atoms. The standard InChI is InChI=1S/C17H21NO/c1-13-8-9-14(2)16(12-13)17(18)10-11-19-15-6-4-3-5-7-15/h3-9,12,17H,10-11,18H2,1-2H3. The minimum Gasteiger partial charge on any atom is -0.494 e. The number of hydrogen-bond donors (Lipinski definition) is 1. The normalized spacial score (nSPS) is 12.2. The Labute approximate surface area is 115 Å². The molecule has 0 aliphatic carbocycles. The average Bonchev–Trinajstić information content (AvgIpc) is 2.42. The summed E-state index contributed by atoms with van der Waals surface area (Å²) in [7, 11) is 0. The first kappa shape index (κ1) is 13.6. The molecule has 1 unspecified atom stereocenters. The summed E-state index contributed by atoms with van der Waals surface area (Å²) in [6, 6.07) is 16.3. The molecule has 2 aromatic carbocycles. The molecule has 0 saturated heterocycles. The van der Waals surface area contributed by atoms with E-state index >= 15 is 0 Å². The molecule has 2 rings (SSSR count). The summed E-state index contributed by atoms with van der Waals surface area (Å²) in [5.74, 6) is 0.899. The van der Waals surface area contributed by atoms with Gasteiger partial charge < -0.3 is 10.5 Å². The van der Waals surface area contributed by atoms with Gasteiger partial charge in [0.1, 0.15) is 5.75 Å². The zero-order valence-corrected chi connectivity index (χ0v) is 11.6. The van der Waals surface area contributed by atoms with Crippen LogP contribution < -0.4 is 10.5 Å².